The van der Waals surface area contributed by atoms with Gasteiger partial charge in [-0.3, -0.25) is 15.1 Å². The number of carbonyl (C=O) groups excluding carboxylic acids is 1. The molecule has 174 valence electrons. The Balaban J connectivity index is 2.00. The molecule has 1 aromatic carbocycles. The van der Waals surface area contributed by atoms with E-state index in [1.54, 1.807) is 13.1 Å². The predicted molar refractivity (Wildman–Crippen MR) is 118 cm³/mol. The molecule has 0 bridgehead atoms. The first-order valence-corrected chi connectivity index (χ1v) is 11.0. The summed E-state index contributed by atoms with van der Waals surface area (Å²) in [6.45, 7) is 9.39. The SMILES string of the molecule is CCC[C@@]1(C(C)=O)CCC(c2cc(-c3ccc(C(F)(F)F)cc3)c(OC(C)(C)C)cn2)N1. The number of alkyl halides is 3. The van der Waals surface area contributed by atoms with E-state index in [0.29, 0.717) is 16.9 Å². The van der Waals surface area contributed by atoms with E-state index in [9.17, 15) is 18.0 Å². The van der Waals surface area contributed by atoms with Gasteiger partial charge in [-0.25, -0.2) is 0 Å². The Kier molecular flexibility index (Phi) is 6.70. The summed E-state index contributed by atoms with van der Waals surface area (Å²) in [4.78, 5) is 16.9. The molecule has 32 heavy (non-hydrogen) atoms. The van der Waals surface area contributed by atoms with Crippen LogP contribution in [0.2, 0.25) is 0 Å². The van der Waals surface area contributed by atoms with Crippen LogP contribution in [-0.2, 0) is 11.0 Å². The molecule has 0 amide bonds. The van der Waals surface area contributed by atoms with Gasteiger partial charge in [0.25, 0.3) is 0 Å². The Morgan fingerprint density at radius 1 is 1.22 bits per heavy atom. The number of hydrogen-bond acceptors (Lipinski definition) is 4. The van der Waals surface area contributed by atoms with E-state index in [1.165, 1.54) is 12.1 Å². The molecule has 1 N–H and O–H groups in total. The second kappa shape index (κ2) is 8.85. The number of Topliss-reactive ketones (excluding diaryl/α,β-unsaturated/α-hetero) is 1. The molecular formula is C25H31F3N2O2. The lowest BCUT2D eigenvalue weighted by Crippen LogP contribution is -2.46. The molecule has 2 aromatic rings. The van der Waals surface area contributed by atoms with Gasteiger partial charge >= 0.3 is 6.18 Å². The summed E-state index contributed by atoms with van der Waals surface area (Å²) >= 11 is 0. The first-order valence-electron chi connectivity index (χ1n) is 11.0. The molecule has 1 unspecified atom stereocenters. The number of carbonyl (C=O) groups is 1. The van der Waals surface area contributed by atoms with Gasteiger partial charge in [0.1, 0.15) is 17.1 Å². The average Bonchev–Trinajstić information content (AvgIpc) is 3.12. The second-order valence-electron chi connectivity index (χ2n) is 9.52. The van der Waals surface area contributed by atoms with Crippen molar-refractivity contribution >= 4 is 5.78 Å². The quantitative estimate of drug-likeness (QED) is 0.548. The van der Waals surface area contributed by atoms with Gasteiger partial charge in [-0.05, 0) is 70.7 Å². The normalized spacial score (nSPS) is 21.6. The van der Waals surface area contributed by atoms with Crippen molar-refractivity contribution in [1.29, 1.82) is 0 Å². The summed E-state index contributed by atoms with van der Waals surface area (Å²) in [5.74, 6) is 0.628. The number of ether oxygens (including phenoxy) is 1. The molecule has 3 rings (SSSR count). The number of hydrogen-bond donors (Lipinski definition) is 1. The minimum Gasteiger partial charge on any atom is -0.486 e. The zero-order valence-corrected chi connectivity index (χ0v) is 19.3. The van der Waals surface area contributed by atoms with Crippen molar-refractivity contribution in [3.8, 4) is 16.9 Å². The van der Waals surface area contributed by atoms with E-state index in [1.807, 2.05) is 26.8 Å². The number of nitrogens with one attached hydrogen (secondary N) is 1. The molecule has 2 heterocycles. The minimum absolute atomic E-state index is 0.109. The summed E-state index contributed by atoms with van der Waals surface area (Å²) in [5.41, 5.74) is 0.301. The van der Waals surface area contributed by atoms with Crippen LogP contribution in [0.3, 0.4) is 0 Å². The highest BCUT2D eigenvalue weighted by Gasteiger charge is 2.42. The largest absolute Gasteiger partial charge is 0.486 e. The third-order valence-electron chi connectivity index (χ3n) is 5.85. The van der Waals surface area contributed by atoms with Crippen molar-refractivity contribution in [3.05, 3.63) is 47.8 Å². The lowest BCUT2D eigenvalue weighted by molar-refractivity contribution is -0.137. The molecule has 1 aliphatic rings. The standard InChI is InChI=1S/C25H31F3N2O2/c1-6-12-24(16(2)31)13-11-20(30-24)21-14-19(22(15-29-21)32-23(3,4)5)17-7-9-18(10-8-17)25(26,27)28/h7-10,14-15,20,30H,6,11-13H2,1-5H3/t20?,24-/m0/s1. The maximum atomic E-state index is 13.0. The lowest BCUT2D eigenvalue weighted by atomic mass is 9.88. The summed E-state index contributed by atoms with van der Waals surface area (Å²) in [7, 11) is 0. The number of benzene rings is 1. The smallest absolute Gasteiger partial charge is 0.416 e. The lowest BCUT2D eigenvalue weighted by Gasteiger charge is -2.28. The Morgan fingerprint density at radius 2 is 1.88 bits per heavy atom. The molecule has 2 atom stereocenters. The van der Waals surface area contributed by atoms with E-state index in [0.717, 1.165) is 43.5 Å². The topological polar surface area (TPSA) is 51.2 Å². The maximum absolute atomic E-state index is 13.0. The van der Waals surface area contributed by atoms with E-state index in [4.69, 9.17) is 4.74 Å². The molecule has 0 radical (unpaired) electrons. The number of aromatic nitrogens is 1. The van der Waals surface area contributed by atoms with Crippen molar-refractivity contribution in [2.24, 2.45) is 0 Å². The first kappa shape index (κ1) is 24.2. The fourth-order valence-electron chi connectivity index (χ4n) is 4.29. The number of rotatable bonds is 6. The molecule has 0 saturated carbocycles. The summed E-state index contributed by atoms with van der Waals surface area (Å²) in [6, 6.07) is 6.82. The van der Waals surface area contributed by atoms with E-state index in [2.05, 4.69) is 17.2 Å². The van der Waals surface area contributed by atoms with Gasteiger partial charge in [0.15, 0.2) is 0 Å². The summed E-state index contributed by atoms with van der Waals surface area (Å²) in [6.07, 6.45) is 0.382. The Hall–Kier alpha value is -2.41. The average molecular weight is 449 g/mol. The molecule has 7 heteroatoms. The van der Waals surface area contributed by atoms with Gasteiger partial charge in [-0.2, -0.15) is 13.2 Å². The summed E-state index contributed by atoms with van der Waals surface area (Å²) in [5, 5.41) is 3.49. The van der Waals surface area contributed by atoms with Crippen LogP contribution >= 0.6 is 0 Å². The molecular weight excluding hydrogens is 417 g/mol. The summed E-state index contributed by atoms with van der Waals surface area (Å²) < 4.78 is 45.1. The van der Waals surface area contributed by atoms with Crippen molar-refractivity contribution in [2.45, 2.75) is 83.7 Å². The maximum Gasteiger partial charge on any atom is 0.416 e. The van der Waals surface area contributed by atoms with Gasteiger partial charge in [-0.15, -0.1) is 0 Å². The number of ketones is 1. The zero-order valence-electron chi connectivity index (χ0n) is 19.3. The Bertz CT molecular complexity index is 965. The molecule has 1 fully saturated rings. The van der Waals surface area contributed by atoms with E-state index >= 15 is 0 Å². The fraction of sp³-hybridized carbons (Fsp3) is 0.520. The van der Waals surface area contributed by atoms with Crippen LogP contribution in [0, 0.1) is 0 Å². The van der Waals surface area contributed by atoms with Crippen LogP contribution in [0.25, 0.3) is 11.1 Å². The third-order valence-corrected chi connectivity index (χ3v) is 5.85. The first-order chi connectivity index (χ1) is 14.8. The molecule has 1 aliphatic heterocycles. The van der Waals surface area contributed by atoms with E-state index in [-0.39, 0.29) is 11.8 Å². The van der Waals surface area contributed by atoms with Crippen molar-refractivity contribution in [1.82, 2.24) is 10.3 Å². The Morgan fingerprint density at radius 3 is 2.41 bits per heavy atom. The monoisotopic (exact) mass is 448 g/mol. The highest BCUT2D eigenvalue weighted by Crippen LogP contribution is 2.40. The van der Waals surface area contributed by atoms with Crippen molar-refractivity contribution in [2.75, 3.05) is 0 Å². The van der Waals surface area contributed by atoms with E-state index < -0.39 is 22.9 Å². The molecule has 4 nitrogen and oxygen atoms in total. The van der Waals surface area contributed by atoms with Gasteiger partial charge in [0.2, 0.25) is 0 Å². The number of halogens is 3. The third kappa shape index (κ3) is 5.31. The van der Waals surface area contributed by atoms with Crippen LogP contribution in [0.15, 0.2) is 36.5 Å². The van der Waals surface area contributed by atoms with Gasteiger partial charge in [-0.1, -0.05) is 25.5 Å². The highest BCUT2D eigenvalue weighted by molar-refractivity contribution is 5.86. The van der Waals surface area contributed by atoms with Gasteiger partial charge < -0.3 is 4.74 Å². The van der Waals surface area contributed by atoms with Crippen LogP contribution in [0.4, 0.5) is 13.2 Å². The van der Waals surface area contributed by atoms with Crippen LogP contribution in [0.5, 0.6) is 5.75 Å². The van der Waals surface area contributed by atoms with Crippen molar-refractivity contribution in [3.63, 3.8) is 0 Å². The molecule has 1 saturated heterocycles. The van der Waals surface area contributed by atoms with Gasteiger partial charge in [0, 0.05) is 5.56 Å². The number of pyridine rings is 1. The minimum atomic E-state index is -4.39. The van der Waals surface area contributed by atoms with Crippen LogP contribution in [-0.4, -0.2) is 21.9 Å². The zero-order chi connectivity index (χ0) is 23.7. The van der Waals surface area contributed by atoms with Crippen molar-refractivity contribution < 1.29 is 22.7 Å². The number of nitrogens with zero attached hydrogens (tertiary/aromatic N) is 1. The molecule has 1 aromatic heterocycles. The predicted octanol–water partition coefficient (Wildman–Crippen LogP) is 6.50. The molecule has 0 aliphatic carbocycles. The van der Waals surface area contributed by atoms with Crippen LogP contribution < -0.4 is 10.1 Å². The molecule has 0 spiro atoms. The van der Waals surface area contributed by atoms with Gasteiger partial charge in [0.05, 0.1) is 29.0 Å². The van der Waals surface area contributed by atoms with Crippen LogP contribution in [0.1, 0.15) is 77.6 Å². The Labute approximate surface area is 187 Å². The highest BCUT2D eigenvalue weighted by atomic mass is 19.4. The fourth-order valence-corrected chi connectivity index (χ4v) is 4.29. The second-order valence-corrected chi connectivity index (χ2v) is 9.52.